The largest absolute Gasteiger partial charge is 0.347 e. The normalized spacial score (nSPS) is 12.1. The minimum atomic E-state index is -0.573. The number of amides is 1. The molecule has 0 spiro atoms. The Labute approximate surface area is 124 Å². The summed E-state index contributed by atoms with van der Waals surface area (Å²) in [6.07, 6.45) is 2.31. The first-order valence-electron chi connectivity index (χ1n) is 6.52. The maximum atomic E-state index is 12.1. The lowest BCUT2D eigenvalue weighted by Crippen LogP contribution is -2.34. The highest BCUT2D eigenvalue weighted by Crippen LogP contribution is 2.18. The van der Waals surface area contributed by atoms with Crippen LogP contribution in [0.5, 0.6) is 0 Å². The molecule has 1 unspecified atom stereocenters. The lowest BCUT2D eigenvalue weighted by Gasteiger charge is -2.14. The Morgan fingerprint density at radius 2 is 2.19 bits per heavy atom. The van der Waals surface area contributed by atoms with E-state index in [0.717, 1.165) is 5.01 Å². The average Bonchev–Trinajstić information content (AvgIpc) is 2.94. The third kappa shape index (κ3) is 3.66. The standard InChI is InChI=1S/C13H16N4O3S/c1-3-9(12-14-4-5-21-12)16-10(18)6-8-7(2)15-13(20)17-11(8)19/h4-5,9H,3,6H2,1-2H3,(H,16,18)(H2,15,17,19,20). The van der Waals surface area contributed by atoms with E-state index in [-0.39, 0.29) is 23.9 Å². The molecule has 0 aromatic carbocycles. The number of rotatable bonds is 5. The minimum absolute atomic E-state index is 0.0835. The first-order chi connectivity index (χ1) is 10.0. The Morgan fingerprint density at radius 3 is 2.76 bits per heavy atom. The second kappa shape index (κ2) is 6.49. The van der Waals surface area contributed by atoms with Gasteiger partial charge in [-0.25, -0.2) is 9.78 Å². The first kappa shape index (κ1) is 15.2. The Morgan fingerprint density at radius 1 is 1.43 bits per heavy atom. The molecule has 2 rings (SSSR count). The molecule has 1 atom stereocenters. The Kier molecular flexibility index (Phi) is 4.69. The van der Waals surface area contributed by atoms with E-state index >= 15 is 0 Å². The molecule has 2 aromatic heterocycles. The molecule has 3 N–H and O–H groups in total. The van der Waals surface area contributed by atoms with E-state index in [2.05, 4.69) is 20.3 Å². The second-order valence-electron chi connectivity index (χ2n) is 4.59. The van der Waals surface area contributed by atoms with Gasteiger partial charge in [-0.15, -0.1) is 11.3 Å². The monoisotopic (exact) mass is 308 g/mol. The Bertz CT molecular complexity index is 733. The van der Waals surface area contributed by atoms with Crippen LogP contribution in [0.4, 0.5) is 0 Å². The van der Waals surface area contributed by atoms with Crippen molar-refractivity contribution in [1.82, 2.24) is 20.3 Å². The van der Waals surface area contributed by atoms with E-state index in [9.17, 15) is 14.4 Å². The SMILES string of the molecule is CCC(NC(=O)Cc1c(C)[nH]c(=O)[nH]c1=O)c1nccs1. The summed E-state index contributed by atoms with van der Waals surface area (Å²) in [6.45, 7) is 3.54. The predicted molar refractivity (Wildman–Crippen MR) is 79.4 cm³/mol. The fraction of sp³-hybridized carbons (Fsp3) is 0.385. The van der Waals surface area contributed by atoms with E-state index < -0.39 is 11.2 Å². The van der Waals surface area contributed by atoms with Crippen molar-refractivity contribution in [3.05, 3.63) is 48.7 Å². The van der Waals surface area contributed by atoms with Crippen LogP contribution in [0.1, 0.15) is 35.7 Å². The molecule has 2 heterocycles. The van der Waals surface area contributed by atoms with Gasteiger partial charge < -0.3 is 10.3 Å². The summed E-state index contributed by atoms with van der Waals surface area (Å²) < 4.78 is 0. The first-order valence-corrected chi connectivity index (χ1v) is 7.40. The number of nitrogens with one attached hydrogen (secondary N) is 3. The maximum absolute atomic E-state index is 12.1. The van der Waals surface area contributed by atoms with E-state index in [4.69, 9.17) is 0 Å². The van der Waals surface area contributed by atoms with Gasteiger partial charge in [-0.3, -0.25) is 14.6 Å². The summed E-state index contributed by atoms with van der Waals surface area (Å²) in [5, 5.41) is 5.53. The summed E-state index contributed by atoms with van der Waals surface area (Å²) in [5.41, 5.74) is -0.438. The highest BCUT2D eigenvalue weighted by atomic mass is 32.1. The van der Waals surface area contributed by atoms with Crippen molar-refractivity contribution < 1.29 is 4.79 Å². The van der Waals surface area contributed by atoms with Gasteiger partial charge in [0, 0.05) is 22.8 Å². The molecule has 0 fully saturated rings. The third-order valence-corrected chi connectivity index (χ3v) is 3.97. The van der Waals surface area contributed by atoms with Crippen molar-refractivity contribution in [1.29, 1.82) is 0 Å². The van der Waals surface area contributed by atoms with Crippen molar-refractivity contribution in [2.45, 2.75) is 32.7 Å². The third-order valence-electron chi connectivity index (χ3n) is 3.09. The van der Waals surface area contributed by atoms with Crippen LogP contribution >= 0.6 is 11.3 Å². The van der Waals surface area contributed by atoms with Crippen LogP contribution < -0.4 is 16.6 Å². The molecule has 1 amide bonds. The van der Waals surface area contributed by atoms with Crippen molar-refractivity contribution in [2.24, 2.45) is 0 Å². The molecular weight excluding hydrogens is 292 g/mol. The zero-order valence-electron chi connectivity index (χ0n) is 11.7. The van der Waals surface area contributed by atoms with E-state index in [1.807, 2.05) is 12.3 Å². The van der Waals surface area contributed by atoms with Crippen LogP contribution in [-0.4, -0.2) is 20.9 Å². The highest BCUT2D eigenvalue weighted by molar-refractivity contribution is 7.09. The lowest BCUT2D eigenvalue weighted by molar-refractivity contribution is -0.121. The van der Waals surface area contributed by atoms with Crippen molar-refractivity contribution in [2.75, 3.05) is 0 Å². The van der Waals surface area contributed by atoms with Crippen LogP contribution in [0.25, 0.3) is 0 Å². The Balaban J connectivity index is 2.12. The van der Waals surface area contributed by atoms with Crippen molar-refractivity contribution >= 4 is 17.2 Å². The molecule has 0 radical (unpaired) electrons. The number of carbonyl (C=O) groups is 1. The zero-order valence-corrected chi connectivity index (χ0v) is 12.5. The lowest BCUT2D eigenvalue weighted by atomic mass is 10.1. The molecule has 2 aromatic rings. The zero-order chi connectivity index (χ0) is 15.4. The molecule has 0 bridgehead atoms. The van der Waals surface area contributed by atoms with Gasteiger partial charge in [-0.2, -0.15) is 0 Å². The van der Waals surface area contributed by atoms with Crippen LogP contribution in [0.2, 0.25) is 0 Å². The molecule has 0 aliphatic carbocycles. The molecule has 0 saturated heterocycles. The highest BCUT2D eigenvalue weighted by Gasteiger charge is 2.17. The van der Waals surface area contributed by atoms with Crippen LogP contribution in [0.15, 0.2) is 21.2 Å². The fourth-order valence-corrected chi connectivity index (χ4v) is 2.76. The predicted octanol–water partition coefficient (Wildman–Crippen LogP) is 0.638. The molecule has 0 saturated carbocycles. The summed E-state index contributed by atoms with van der Waals surface area (Å²) in [5.74, 6) is -0.280. The van der Waals surface area contributed by atoms with Gasteiger partial charge in [0.25, 0.3) is 5.56 Å². The van der Waals surface area contributed by atoms with Crippen molar-refractivity contribution in [3.8, 4) is 0 Å². The number of hydrogen-bond donors (Lipinski definition) is 3. The van der Waals surface area contributed by atoms with Gasteiger partial charge in [-0.1, -0.05) is 6.92 Å². The van der Waals surface area contributed by atoms with Gasteiger partial charge in [0.05, 0.1) is 12.5 Å². The van der Waals surface area contributed by atoms with Gasteiger partial charge in [0.15, 0.2) is 0 Å². The number of aromatic nitrogens is 3. The van der Waals surface area contributed by atoms with Crippen LogP contribution in [-0.2, 0) is 11.2 Å². The molecule has 112 valence electrons. The Hall–Kier alpha value is -2.22. The van der Waals surface area contributed by atoms with E-state index in [1.54, 1.807) is 13.1 Å². The summed E-state index contributed by atoms with van der Waals surface area (Å²) >= 11 is 1.47. The molecule has 0 aliphatic heterocycles. The quantitative estimate of drug-likeness (QED) is 0.753. The van der Waals surface area contributed by atoms with Crippen LogP contribution in [0.3, 0.4) is 0 Å². The number of aromatic amines is 2. The number of carbonyl (C=O) groups excluding carboxylic acids is 1. The number of aryl methyl sites for hydroxylation is 1. The summed E-state index contributed by atoms with van der Waals surface area (Å²) in [6, 6.07) is -0.167. The number of hydrogen-bond acceptors (Lipinski definition) is 5. The second-order valence-corrected chi connectivity index (χ2v) is 5.51. The molecule has 0 aliphatic rings. The van der Waals surface area contributed by atoms with Gasteiger partial charge >= 0.3 is 5.69 Å². The van der Waals surface area contributed by atoms with Crippen LogP contribution in [0, 0.1) is 6.92 Å². The van der Waals surface area contributed by atoms with E-state index in [1.165, 1.54) is 11.3 Å². The fourth-order valence-electron chi connectivity index (χ4n) is 1.99. The average molecular weight is 308 g/mol. The number of thiazole rings is 1. The summed E-state index contributed by atoms with van der Waals surface area (Å²) in [4.78, 5) is 43.7. The summed E-state index contributed by atoms with van der Waals surface area (Å²) in [7, 11) is 0. The van der Waals surface area contributed by atoms with Crippen molar-refractivity contribution in [3.63, 3.8) is 0 Å². The van der Waals surface area contributed by atoms with Gasteiger partial charge in [-0.05, 0) is 13.3 Å². The van der Waals surface area contributed by atoms with Gasteiger partial charge in [0.2, 0.25) is 5.91 Å². The molecule has 21 heavy (non-hydrogen) atoms. The topological polar surface area (TPSA) is 108 Å². The molecule has 8 heteroatoms. The van der Waals surface area contributed by atoms with E-state index in [0.29, 0.717) is 12.1 Å². The maximum Gasteiger partial charge on any atom is 0.325 e. The molecule has 7 nitrogen and oxygen atoms in total. The smallest absolute Gasteiger partial charge is 0.325 e. The number of H-pyrrole nitrogens is 2. The number of nitrogens with zero attached hydrogens (tertiary/aromatic N) is 1. The minimum Gasteiger partial charge on any atom is -0.347 e. The molecular formula is C13H16N4O3S. The van der Waals surface area contributed by atoms with Gasteiger partial charge in [0.1, 0.15) is 5.01 Å².